The summed E-state index contributed by atoms with van der Waals surface area (Å²) < 4.78 is 4.96. The quantitative estimate of drug-likeness (QED) is 0.698. The van der Waals surface area contributed by atoms with Gasteiger partial charge in [0.15, 0.2) is 0 Å². The molecule has 0 spiro atoms. The van der Waals surface area contributed by atoms with Crippen LogP contribution in [0.25, 0.3) is 0 Å². The van der Waals surface area contributed by atoms with E-state index >= 15 is 0 Å². The number of aliphatic hydroxyl groups is 1. The van der Waals surface area contributed by atoms with Gasteiger partial charge in [-0.15, -0.1) is 11.3 Å². The second kappa shape index (κ2) is 6.55. The average Bonchev–Trinajstić information content (AvgIpc) is 2.71. The van der Waals surface area contributed by atoms with Crippen LogP contribution in [-0.2, 0) is 16.0 Å². The van der Waals surface area contributed by atoms with Crippen molar-refractivity contribution in [3.8, 4) is 0 Å². The van der Waals surface area contributed by atoms with Crippen LogP contribution in [-0.4, -0.2) is 30.3 Å². The molecule has 4 nitrogen and oxygen atoms in total. The first-order valence-electron chi connectivity index (χ1n) is 4.79. The molecule has 84 valence electrons. The molecule has 0 aliphatic carbocycles. The molecule has 0 aromatic carbocycles. The molecule has 1 rings (SSSR count). The molecular formula is C10H15NO3S. The summed E-state index contributed by atoms with van der Waals surface area (Å²) in [6.45, 7) is 0.250. The molecule has 5 heteroatoms. The molecule has 0 aliphatic rings. The average molecular weight is 229 g/mol. The van der Waals surface area contributed by atoms with Crippen molar-refractivity contribution in [2.45, 2.75) is 18.9 Å². The highest BCUT2D eigenvalue weighted by molar-refractivity contribution is 7.09. The monoisotopic (exact) mass is 229 g/mol. The van der Waals surface area contributed by atoms with E-state index in [1.165, 1.54) is 4.88 Å². The van der Waals surface area contributed by atoms with Crippen LogP contribution in [0.3, 0.4) is 0 Å². The lowest BCUT2D eigenvalue weighted by molar-refractivity contribution is -0.145. The molecule has 0 bridgehead atoms. The Kier molecular flexibility index (Phi) is 5.31. The van der Waals surface area contributed by atoms with E-state index in [9.17, 15) is 4.79 Å². The van der Waals surface area contributed by atoms with E-state index in [4.69, 9.17) is 15.6 Å². The third kappa shape index (κ3) is 4.42. The molecule has 0 unspecified atom stereocenters. The van der Waals surface area contributed by atoms with Gasteiger partial charge < -0.3 is 15.6 Å². The van der Waals surface area contributed by atoms with Gasteiger partial charge in [-0.2, -0.15) is 0 Å². The summed E-state index contributed by atoms with van der Waals surface area (Å²) >= 11 is 1.63. The van der Waals surface area contributed by atoms with E-state index in [-0.39, 0.29) is 13.0 Å². The zero-order valence-electron chi connectivity index (χ0n) is 8.39. The van der Waals surface area contributed by atoms with E-state index in [1.54, 1.807) is 11.3 Å². The Hall–Kier alpha value is -0.910. The van der Waals surface area contributed by atoms with E-state index in [1.807, 2.05) is 17.5 Å². The zero-order valence-corrected chi connectivity index (χ0v) is 9.20. The maximum atomic E-state index is 11.2. The lowest BCUT2D eigenvalue weighted by Crippen LogP contribution is -2.33. The number of thiophene rings is 1. The summed E-state index contributed by atoms with van der Waals surface area (Å²) in [6, 6.07) is 3.24. The van der Waals surface area contributed by atoms with Gasteiger partial charge in [0, 0.05) is 17.9 Å². The second-order valence-electron chi connectivity index (χ2n) is 3.12. The SMILES string of the molecule is N[C@@H](CCO)C(=O)OCCc1cccs1. The molecule has 1 atom stereocenters. The summed E-state index contributed by atoms with van der Waals surface area (Å²) in [7, 11) is 0. The maximum absolute atomic E-state index is 11.2. The van der Waals surface area contributed by atoms with Crippen LogP contribution in [0.2, 0.25) is 0 Å². The minimum Gasteiger partial charge on any atom is -0.464 e. The number of rotatable bonds is 6. The van der Waals surface area contributed by atoms with E-state index in [2.05, 4.69) is 0 Å². The van der Waals surface area contributed by atoms with Crippen LogP contribution in [0.1, 0.15) is 11.3 Å². The number of carbonyl (C=O) groups excluding carboxylic acids is 1. The van der Waals surface area contributed by atoms with Crippen LogP contribution in [0.4, 0.5) is 0 Å². The third-order valence-electron chi connectivity index (χ3n) is 1.92. The van der Waals surface area contributed by atoms with Crippen molar-refractivity contribution in [2.24, 2.45) is 5.73 Å². The predicted octanol–water partition coefficient (Wildman–Crippen LogP) is 0.543. The molecule has 0 saturated heterocycles. The predicted molar refractivity (Wildman–Crippen MR) is 58.7 cm³/mol. The van der Waals surface area contributed by atoms with Gasteiger partial charge in [0.25, 0.3) is 0 Å². The van der Waals surface area contributed by atoms with Crippen molar-refractivity contribution in [1.82, 2.24) is 0 Å². The topological polar surface area (TPSA) is 72.5 Å². The fourth-order valence-corrected chi connectivity index (χ4v) is 1.76. The van der Waals surface area contributed by atoms with Gasteiger partial charge in [0.2, 0.25) is 0 Å². The molecule has 0 fully saturated rings. The normalized spacial score (nSPS) is 12.4. The molecule has 15 heavy (non-hydrogen) atoms. The summed E-state index contributed by atoms with van der Waals surface area (Å²) in [6.07, 6.45) is 0.965. The van der Waals surface area contributed by atoms with Gasteiger partial charge in [-0.3, -0.25) is 4.79 Å². The summed E-state index contributed by atoms with van der Waals surface area (Å²) in [5.41, 5.74) is 5.46. The van der Waals surface area contributed by atoms with Crippen molar-refractivity contribution in [2.75, 3.05) is 13.2 Å². The highest BCUT2D eigenvalue weighted by atomic mass is 32.1. The Morgan fingerprint density at radius 2 is 2.47 bits per heavy atom. The maximum Gasteiger partial charge on any atom is 0.323 e. The van der Waals surface area contributed by atoms with Gasteiger partial charge in [0.1, 0.15) is 6.04 Å². The highest BCUT2D eigenvalue weighted by Gasteiger charge is 2.13. The standard InChI is InChI=1S/C10H15NO3S/c11-9(3-5-12)10(13)14-6-4-8-2-1-7-15-8/h1-2,7,9,12H,3-6,11H2/t9-/m0/s1. The first-order chi connectivity index (χ1) is 7.24. The first-order valence-corrected chi connectivity index (χ1v) is 5.67. The highest BCUT2D eigenvalue weighted by Crippen LogP contribution is 2.09. The van der Waals surface area contributed by atoms with Crippen molar-refractivity contribution in [3.05, 3.63) is 22.4 Å². The number of esters is 1. The molecule has 0 amide bonds. The molecule has 0 radical (unpaired) electrons. The van der Waals surface area contributed by atoms with Gasteiger partial charge in [-0.25, -0.2) is 0 Å². The van der Waals surface area contributed by atoms with Crippen LogP contribution < -0.4 is 5.73 Å². The molecule has 1 aromatic rings. The van der Waals surface area contributed by atoms with Gasteiger partial charge in [0.05, 0.1) is 6.61 Å². The molecule has 3 N–H and O–H groups in total. The van der Waals surface area contributed by atoms with E-state index < -0.39 is 12.0 Å². The van der Waals surface area contributed by atoms with Crippen molar-refractivity contribution < 1.29 is 14.6 Å². The smallest absolute Gasteiger partial charge is 0.323 e. The lowest BCUT2D eigenvalue weighted by Gasteiger charge is -2.09. The molecule has 1 heterocycles. The van der Waals surface area contributed by atoms with Crippen molar-refractivity contribution >= 4 is 17.3 Å². The van der Waals surface area contributed by atoms with E-state index in [0.29, 0.717) is 6.61 Å². The lowest BCUT2D eigenvalue weighted by atomic mass is 10.2. The van der Waals surface area contributed by atoms with Crippen LogP contribution >= 0.6 is 11.3 Å². The number of hydrogen-bond donors (Lipinski definition) is 2. The Labute approximate surface area is 92.7 Å². The molecular weight excluding hydrogens is 214 g/mol. The fraction of sp³-hybridized carbons (Fsp3) is 0.500. The second-order valence-corrected chi connectivity index (χ2v) is 4.15. The number of nitrogens with two attached hydrogens (primary N) is 1. The summed E-state index contributed by atoms with van der Waals surface area (Å²) in [5.74, 6) is -0.444. The molecule has 1 aromatic heterocycles. The number of hydrogen-bond acceptors (Lipinski definition) is 5. The van der Waals surface area contributed by atoms with E-state index in [0.717, 1.165) is 6.42 Å². The number of carbonyl (C=O) groups is 1. The summed E-state index contributed by atoms with van der Waals surface area (Å²) in [4.78, 5) is 12.4. The van der Waals surface area contributed by atoms with Crippen LogP contribution in [0.5, 0.6) is 0 Å². The first kappa shape index (κ1) is 12.2. The number of ether oxygens (including phenoxy) is 1. The zero-order chi connectivity index (χ0) is 11.1. The Bertz CT molecular complexity index is 287. The molecule has 0 aliphatic heterocycles. The Morgan fingerprint density at radius 3 is 3.07 bits per heavy atom. The van der Waals surface area contributed by atoms with Gasteiger partial charge >= 0.3 is 5.97 Å². The van der Waals surface area contributed by atoms with Crippen molar-refractivity contribution in [1.29, 1.82) is 0 Å². The summed E-state index contributed by atoms with van der Waals surface area (Å²) in [5, 5.41) is 10.6. The van der Waals surface area contributed by atoms with Gasteiger partial charge in [-0.05, 0) is 17.9 Å². The number of aliphatic hydroxyl groups excluding tert-OH is 1. The largest absolute Gasteiger partial charge is 0.464 e. The molecule has 0 saturated carbocycles. The Balaban J connectivity index is 2.17. The van der Waals surface area contributed by atoms with Crippen molar-refractivity contribution in [3.63, 3.8) is 0 Å². The van der Waals surface area contributed by atoms with Crippen LogP contribution in [0, 0.1) is 0 Å². The fourth-order valence-electron chi connectivity index (χ4n) is 1.07. The Morgan fingerprint density at radius 1 is 1.67 bits per heavy atom. The minimum atomic E-state index is -0.710. The third-order valence-corrected chi connectivity index (χ3v) is 2.85. The minimum absolute atomic E-state index is 0.0960. The van der Waals surface area contributed by atoms with Gasteiger partial charge in [-0.1, -0.05) is 6.07 Å². The van der Waals surface area contributed by atoms with Crippen LogP contribution in [0.15, 0.2) is 17.5 Å².